The molecule has 4 rings (SSSR count). The molecule has 0 radical (unpaired) electrons. The number of unbranched alkanes of at least 4 members (excludes halogenated alkanes) is 3. The molecule has 0 aromatic heterocycles. The SMILES string of the molecule is CCCCCCc1ccc(CCc2ccc(-c3ccc(CCc4ccc(C)cc4)c(C(F)(F)F)c3F)c(F)c2F)cc1. The summed E-state index contributed by atoms with van der Waals surface area (Å²) in [5.41, 5.74) is 1.32. The third-order valence-electron chi connectivity index (χ3n) is 7.79. The van der Waals surface area contributed by atoms with Crippen molar-refractivity contribution in [3.05, 3.63) is 129 Å². The number of aryl methyl sites for hydroxylation is 6. The van der Waals surface area contributed by atoms with E-state index < -0.39 is 40.3 Å². The molecule has 4 aromatic carbocycles. The molecule has 0 aliphatic rings. The second-order valence-corrected chi connectivity index (χ2v) is 11.0. The van der Waals surface area contributed by atoms with Crippen molar-refractivity contribution in [1.82, 2.24) is 0 Å². The zero-order valence-electron chi connectivity index (χ0n) is 24.1. The van der Waals surface area contributed by atoms with Crippen LogP contribution in [0.25, 0.3) is 11.1 Å². The highest BCUT2D eigenvalue weighted by Crippen LogP contribution is 2.40. The first kappa shape index (κ1) is 31.4. The van der Waals surface area contributed by atoms with Crippen LogP contribution >= 0.6 is 0 Å². The van der Waals surface area contributed by atoms with E-state index in [2.05, 4.69) is 6.92 Å². The molecular formula is C36H36F6. The summed E-state index contributed by atoms with van der Waals surface area (Å²) in [5.74, 6) is -4.12. The smallest absolute Gasteiger partial charge is 0.206 e. The Morgan fingerprint density at radius 1 is 0.500 bits per heavy atom. The zero-order chi connectivity index (χ0) is 30.3. The van der Waals surface area contributed by atoms with Gasteiger partial charge in [0.2, 0.25) is 0 Å². The zero-order valence-corrected chi connectivity index (χ0v) is 24.1. The average molecular weight is 583 g/mol. The lowest BCUT2D eigenvalue weighted by Gasteiger charge is -2.17. The molecule has 0 saturated carbocycles. The van der Waals surface area contributed by atoms with E-state index >= 15 is 13.2 Å². The molecule has 0 aliphatic heterocycles. The fraction of sp³-hybridized carbons (Fsp3) is 0.333. The Labute approximate surface area is 244 Å². The van der Waals surface area contributed by atoms with E-state index in [1.54, 1.807) is 0 Å². The van der Waals surface area contributed by atoms with Gasteiger partial charge in [0.05, 0.1) is 5.56 Å². The van der Waals surface area contributed by atoms with E-state index in [4.69, 9.17) is 0 Å². The minimum atomic E-state index is -5.00. The average Bonchev–Trinajstić information content (AvgIpc) is 2.96. The number of benzene rings is 4. The fourth-order valence-corrected chi connectivity index (χ4v) is 5.27. The highest BCUT2D eigenvalue weighted by molar-refractivity contribution is 5.67. The maximum atomic E-state index is 15.4. The van der Waals surface area contributed by atoms with Crippen LogP contribution in [0.2, 0.25) is 0 Å². The Hall–Kier alpha value is -3.54. The molecular weight excluding hydrogens is 546 g/mol. The van der Waals surface area contributed by atoms with E-state index in [1.807, 2.05) is 55.5 Å². The maximum absolute atomic E-state index is 15.4. The van der Waals surface area contributed by atoms with E-state index in [-0.39, 0.29) is 30.4 Å². The van der Waals surface area contributed by atoms with Crippen molar-refractivity contribution in [3.63, 3.8) is 0 Å². The van der Waals surface area contributed by atoms with Crippen molar-refractivity contribution in [2.75, 3.05) is 0 Å². The number of alkyl halides is 3. The number of hydrogen-bond acceptors (Lipinski definition) is 0. The summed E-state index contributed by atoms with van der Waals surface area (Å²) in [4.78, 5) is 0. The molecule has 0 N–H and O–H groups in total. The van der Waals surface area contributed by atoms with E-state index in [1.165, 1.54) is 30.9 Å². The normalized spacial score (nSPS) is 11.7. The molecule has 0 saturated heterocycles. The first-order valence-corrected chi connectivity index (χ1v) is 14.6. The summed E-state index contributed by atoms with van der Waals surface area (Å²) in [7, 11) is 0. The van der Waals surface area contributed by atoms with Gasteiger partial charge in [0, 0.05) is 11.1 Å². The van der Waals surface area contributed by atoms with Crippen LogP contribution in [0.15, 0.2) is 72.8 Å². The van der Waals surface area contributed by atoms with Crippen LogP contribution in [0.5, 0.6) is 0 Å². The predicted molar refractivity (Wildman–Crippen MR) is 157 cm³/mol. The van der Waals surface area contributed by atoms with Crippen LogP contribution in [0, 0.1) is 24.4 Å². The van der Waals surface area contributed by atoms with Gasteiger partial charge in [-0.05, 0) is 73.3 Å². The van der Waals surface area contributed by atoms with Gasteiger partial charge in [0.25, 0.3) is 0 Å². The van der Waals surface area contributed by atoms with Gasteiger partial charge < -0.3 is 0 Å². The Bertz CT molecular complexity index is 1470. The van der Waals surface area contributed by atoms with Crippen LogP contribution in [0.4, 0.5) is 26.3 Å². The van der Waals surface area contributed by atoms with Crippen molar-refractivity contribution in [3.8, 4) is 11.1 Å². The Morgan fingerprint density at radius 3 is 1.57 bits per heavy atom. The summed E-state index contributed by atoms with van der Waals surface area (Å²) >= 11 is 0. The molecule has 6 heteroatoms. The lowest BCUT2D eigenvalue weighted by molar-refractivity contribution is -0.140. The summed E-state index contributed by atoms with van der Waals surface area (Å²) in [6.45, 7) is 4.08. The standard InChI is InChI=1S/C36H36F6/c1-3-4-5-6-7-25-12-14-27(15-13-25)17-19-29-21-23-31(35(39)33(29)37)30-22-20-28(32(34(30)38)36(40,41)42)18-16-26-10-8-24(2)9-11-26/h8-15,20-23H,3-7,16-19H2,1-2H3. The van der Waals surface area contributed by atoms with Gasteiger partial charge >= 0.3 is 6.18 Å². The second-order valence-electron chi connectivity index (χ2n) is 11.0. The molecule has 0 unspecified atom stereocenters. The molecule has 0 nitrogen and oxygen atoms in total. The van der Waals surface area contributed by atoms with Gasteiger partial charge in [-0.3, -0.25) is 0 Å². The van der Waals surface area contributed by atoms with Crippen LogP contribution in [0.3, 0.4) is 0 Å². The predicted octanol–water partition coefficient (Wildman–Crippen LogP) is 10.8. The first-order valence-electron chi connectivity index (χ1n) is 14.6. The van der Waals surface area contributed by atoms with E-state index in [9.17, 15) is 13.2 Å². The molecule has 0 bridgehead atoms. The highest BCUT2D eigenvalue weighted by atomic mass is 19.4. The Kier molecular flexibility index (Phi) is 10.5. The van der Waals surface area contributed by atoms with Crippen LogP contribution in [-0.2, 0) is 38.3 Å². The number of halogens is 6. The van der Waals surface area contributed by atoms with Crippen molar-refractivity contribution in [2.24, 2.45) is 0 Å². The lowest BCUT2D eigenvalue weighted by atomic mass is 9.92. The molecule has 0 atom stereocenters. The molecule has 4 aromatic rings. The first-order chi connectivity index (χ1) is 20.1. The molecule has 0 heterocycles. The molecule has 222 valence electrons. The third kappa shape index (κ3) is 7.84. The van der Waals surface area contributed by atoms with E-state index in [0.29, 0.717) is 6.42 Å². The molecule has 42 heavy (non-hydrogen) atoms. The lowest BCUT2D eigenvalue weighted by Crippen LogP contribution is -2.14. The summed E-state index contributed by atoms with van der Waals surface area (Å²) in [6, 6.07) is 20.2. The largest absolute Gasteiger partial charge is 0.419 e. The Balaban J connectivity index is 1.51. The quantitative estimate of drug-likeness (QED) is 0.115. The topological polar surface area (TPSA) is 0 Å². The van der Waals surface area contributed by atoms with Gasteiger partial charge in [-0.25, -0.2) is 13.2 Å². The van der Waals surface area contributed by atoms with Gasteiger partial charge in [-0.15, -0.1) is 0 Å². The number of rotatable bonds is 12. The summed E-state index contributed by atoms with van der Waals surface area (Å²) in [5, 5.41) is 0. The van der Waals surface area contributed by atoms with Crippen molar-refractivity contribution in [2.45, 2.75) is 77.8 Å². The Morgan fingerprint density at radius 2 is 1.00 bits per heavy atom. The van der Waals surface area contributed by atoms with Gasteiger partial charge in [0.15, 0.2) is 11.6 Å². The minimum absolute atomic E-state index is 0.0509. The number of hydrogen-bond donors (Lipinski definition) is 0. The van der Waals surface area contributed by atoms with Crippen molar-refractivity contribution < 1.29 is 26.3 Å². The molecule has 0 fully saturated rings. The molecule has 0 amide bonds. The monoisotopic (exact) mass is 582 g/mol. The summed E-state index contributed by atoms with van der Waals surface area (Å²) in [6.07, 6.45) is 1.62. The van der Waals surface area contributed by atoms with Crippen LogP contribution < -0.4 is 0 Å². The van der Waals surface area contributed by atoms with Crippen molar-refractivity contribution >= 4 is 0 Å². The maximum Gasteiger partial charge on any atom is 0.419 e. The summed E-state index contributed by atoms with van der Waals surface area (Å²) < 4.78 is 87.7. The van der Waals surface area contributed by atoms with Gasteiger partial charge in [0.1, 0.15) is 5.82 Å². The van der Waals surface area contributed by atoms with Gasteiger partial charge in [-0.2, -0.15) is 13.2 Å². The second kappa shape index (κ2) is 14.1. The van der Waals surface area contributed by atoms with Crippen LogP contribution in [-0.4, -0.2) is 0 Å². The fourth-order valence-electron chi connectivity index (χ4n) is 5.27. The van der Waals surface area contributed by atoms with Crippen molar-refractivity contribution in [1.29, 1.82) is 0 Å². The van der Waals surface area contributed by atoms with Gasteiger partial charge in [-0.1, -0.05) is 105 Å². The van der Waals surface area contributed by atoms with E-state index in [0.717, 1.165) is 47.7 Å². The molecule has 0 spiro atoms. The van der Waals surface area contributed by atoms with Crippen LogP contribution in [0.1, 0.15) is 71.6 Å². The highest BCUT2D eigenvalue weighted by Gasteiger charge is 2.38. The minimum Gasteiger partial charge on any atom is -0.206 e. The third-order valence-corrected chi connectivity index (χ3v) is 7.79. The molecule has 0 aliphatic carbocycles.